The van der Waals surface area contributed by atoms with E-state index >= 15 is 0 Å². The molecule has 2 unspecified atom stereocenters. The van der Waals surface area contributed by atoms with Crippen molar-refractivity contribution in [2.45, 2.75) is 44.8 Å². The van der Waals surface area contributed by atoms with Crippen LogP contribution < -0.4 is 5.32 Å². The van der Waals surface area contributed by atoms with Crippen LogP contribution in [0.25, 0.3) is 0 Å². The highest BCUT2D eigenvalue weighted by molar-refractivity contribution is 7.11. The molecule has 0 aromatic carbocycles. The van der Waals surface area contributed by atoms with Crippen LogP contribution in [0.4, 0.5) is 0 Å². The number of aromatic nitrogens is 1. The number of rotatable bonds is 4. The predicted molar refractivity (Wildman–Crippen MR) is 73.8 cm³/mol. The average Bonchev–Trinajstić information content (AvgIpc) is 2.91. The number of carbonyl (C=O) groups excluding carboxylic acids is 2. The van der Waals surface area contributed by atoms with Gasteiger partial charge in [-0.3, -0.25) is 4.79 Å². The Morgan fingerprint density at radius 3 is 2.95 bits per heavy atom. The molecule has 2 atom stereocenters. The Labute approximate surface area is 121 Å². The number of hydrogen-bond donors (Lipinski definition) is 2. The quantitative estimate of drug-likeness (QED) is 0.819. The van der Waals surface area contributed by atoms with Gasteiger partial charge in [0, 0.05) is 5.38 Å². The molecule has 1 saturated carbocycles. The summed E-state index contributed by atoms with van der Waals surface area (Å²) in [5.74, 6) is -0.878. The lowest BCUT2D eigenvalue weighted by Gasteiger charge is -2.27. The minimum atomic E-state index is -0.519. The highest BCUT2D eigenvalue weighted by Crippen LogP contribution is 2.19. The van der Waals surface area contributed by atoms with Gasteiger partial charge in [0.25, 0.3) is 5.91 Å². The van der Waals surface area contributed by atoms with E-state index in [0.29, 0.717) is 6.42 Å². The molecule has 0 spiro atoms. The summed E-state index contributed by atoms with van der Waals surface area (Å²) in [7, 11) is 0. The number of hydrogen-bond acceptors (Lipinski definition) is 6. The Morgan fingerprint density at radius 1 is 1.50 bits per heavy atom. The van der Waals surface area contributed by atoms with Crippen molar-refractivity contribution in [3.63, 3.8) is 0 Å². The number of ether oxygens (including phenoxy) is 1. The van der Waals surface area contributed by atoms with Gasteiger partial charge < -0.3 is 15.2 Å². The Hall–Kier alpha value is -1.47. The summed E-state index contributed by atoms with van der Waals surface area (Å²) in [5, 5.41) is 14.3. The van der Waals surface area contributed by atoms with E-state index in [0.717, 1.165) is 30.6 Å². The second-order valence-electron chi connectivity index (χ2n) is 4.69. The molecular weight excluding hydrogens is 280 g/mol. The molecule has 1 aromatic rings. The van der Waals surface area contributed by atoms with Gasteiger partial charge in [-0.1, -0.05) is 12.8 Å². The highest BCUT2D eigenvalue weighted by Gasteiger charge is 2.26. The van der Waals surface area contributed by atoms with Crippen molar-refractivity contribution < 1.29 is 19.4 Å². The predicted octanol–water partition coefficient (Wildman–Crippen LogP) is 1.35. The third-order valence-corrected chi connectivity index (χ3v) is 4.06. The van der Waals surface area contributed by atoms with Crippen molar-refractivity contribution in [3.05, 3.63) is 16.1 Å². The molecule has 1 aliphatic rings. The summed E-state index contributed by atoms with van der Waals surface area (Å²) >= 11 is 1.08. The minimum absolute atomic E-state index is 0.168. The summed E-state index contributed by atoms with van der Waals surface area (Å²) in [6, 6.07) is -0.232. The standard InChI is InChI=1S/C13H18N2O4S/c1-2-19-13(18)12-15-9(7-20-12)11(17)14-8-5-3-4-6-10(8)16/h7-8,10,16H,2-6H2,1H3,(H,14,17). The topological polar surface area (TPSA) is 88.5 Å². The van der Waals surface area contributed by atoms with Crippen LogP contribution in [0.5, 0.6) is 0 Å². The van der Waals surface area contributed by atoms with Crippen LogP contribution in [0, 0.1) is 0 Å². The largest absolute Gasteiger partial charge is 0.461 e. The fourth-order valence-electron chi connectivity index (χ4n) is 2.19. The SMILES string of the molecule is CCOC(=O)c1nc(C(=O)NC2CCCCC2O)cs1. The molecule has 1 aliphatic carbocycles. The van der Waals surface area contributed by atoms with E-state index in [1.807, 2.05) is 0 Å². The lowest BCUT2D eigenvalue weighted by atomic mass is 9.92. The van der Waals surface area contributed by atoms with Gasteiger partial charge in [0.05, 0.1) is 18.8 Å². The van der Waals surface area contributed by atoms with Crippen molar-refractivity contribution in [1.29, 1.82) is 0 Å². The Morgan fingerprint density at radius 2 is 2.25 bits per heavy atom. The Balaban J connectivity index is 1.97. The van der Waals surface area contributed by atoms with E-state index in [1.165, 1.54) is 5.38 Å². The summed E-state index contributed by atoms with van der Waals surface area (Å²) in [5.41, 5.74) is 0.191. The summed E-state index contributed by atoms with van der Waals surface area (Å²) in [6.07, 6.45) is 2.94. The molecule has 20 heavy (non-hydrogen) atoms. The van der Waals surface area contributed by atoms with Crippen LogP contribution in [-0.4, -0.2) is 40.7 Å². The number of nitrogens with zero attached hydrogens (tertiary/aromatic N) is 1. The van der Waals surface area contributed by atoms with Gasteiger partial charge in [-0.05, 0) is 19.8 Å². The maximum absolute atomic E-state index is 12.0. The second kappa shape index (κ2) is 6.81. The van der Waals surface area contributed by atoms with Gasteiger partial charge in [-0.15, -0.1) is 11.3 Å². The average molecular weight is 298 g/mol. The molecule has 0 aliphatic heterocycles. The normalized spacial score (nSPS) is 22.3. The van der Waals surface area contributed by atoms with E-state index in [4.69, 9.17) is 4.74 Å². The van der Waals surface area contributed by atoms with Crippen LogP contribution in [0.3, 0.4) is 0 Å². The first-order valence-corrected chi connectivity index (χ1v) is 7.61. The van der Waals surface area contributed by atoms with Crippen molar-refractivity contribution in [2.24, 2.45) is 0 Å². The van der Waals surface area contributed by atoms with Crippen molar-refractivity contribution in [2.75, 3.05) is 6.61 Å². The van der Waals surface area contributed by atoms with Crippen LogP contribution in [0.1, 0.15) is 52.9 Å². The fraction of sp³-hybridized carbons (Fsp3) is 0.615. The number of nitrogens with one attached hydrogen (secondary N) is 1. The fourth-order valence-corrected chi connectivity index (χ4v) is 2.88. The van der Waals surface area contributed by atoms with E-state index in [2.05, 4.69) is 10.3 Å². The molecule has 0 saturated heterocycles. The molecule has 0 radical (unpaired) electrons. The Bertz CT molecular complexity index is 488. The van der Waals surface area contributed by atoms with Gasteiger partial charge in [0.15, 0.2) is 0 Å². The third kappa shape index (κ3) is 3.55. The van der Waals surface area contributed by atoms with Crippen molar-refractivity contribution in [1.82, 2.24) is 10.3 Å². The number of amides is 1. The zero-order chi connectivity index (χ0) is 14.5. The molecule has 1 heterocycles. The van der Waals surface area contributed by atoms with Crippen molar-refractivity contribution >= 4 is 23.2 Å². The molecule has 6 nitrogen and oxygen atoms in total. The van der Waals surface area contributed by atoms with E-state index in [1.54, 1.807) is 6.92 Å². The van der Waals surface area contributed by atoms with Crippen LogP contribution >= 0.6 is 11.3 Å². The van der Waals surface area contributed by atoms with E-state index in [-0.39, 0.29) is 29.3 Å². The molecule has 110 valence electrons. The first kappa shape index (κ1) is 14.9. The number of aliphatic hydroxyl groups excluding tert-OH is 1. The molecule has 1 aromatic heterocycles. The van der Waals surface area contributed by atoms with Gasteiger partial charge in [0.1, 0.15) is 5.69 Å². The molecule has 7 heteroatoms. The highest BCUT2D eigenvalue weighted by atomic mass is 32.1. The molecule has 2 N–H and O–H groups in total. The Kier molecular flexibility index (Phi) is 5.08. The minimum Gasteiger partial charge on any atom is -0.461 e. The summed E-state index contributed by atoms with van der Waals surface area (Å²) < 4.78 is 4.83. The number of aliphatic hydroxyl groups is 1. The summed E-state index contributed by atoms with van der Waals surface area (Å²) in [4.78, 5) is 27.5. The maximum atomic E-state index is 12.0. The smallest absolute Gasteiger partial charge is 0.367 e. The van der Waals surface area contributed by atoms with Crippen LogP contribution in [-0.2, 0) is 4.74 Å². The molecule has 2 rings (SSSR count). The first-order valence-electron chi connectivity index (χ1n) is 6.73. The zero-order valence-corrected chi connectivity index (χ0v) is 12.1. The lowest BCUT2D eigenvalue weighted by Crippen LogP contribution is -2.45. The van der Waals surface area contributed by atoms with E-state index in [9.17, 15) is 14.7 Å². The monoisotopic (exact) mass is 298 g/mol. The number of esters is 1. The molecule has 1 amide bonds. The van der Waals surface area contributed by atoms with Gasteiger partial charge in [-0.25, -0.2) is 9.78 Å². The van der Waals surface area contributed by atoms with Crippen LogP contribution in [0.15, 0.2) is 5.38 Å². The first-order chi connectivity index (χ1) is 9.61. The summed E-state index contributed by atoms with van der Waals surface area (Å²) in [6.45, 7) is 1.98. The number of thiazole rings is 1. The third-order valence-electron chi connectivity index (χ3n) is 3.23. The lowest BCUT2D eigenvalue weighted by molar-refractivity contribution is 0.0525. The second-order valence-corrected chi connectivity index (χ2v) is 5.55. The molecular formula is C13H18N2O4S. The van der Waals surface area contributed by atoms with Crippen LogP contribution in [0.2, 0.25) is 0 Å². The zero-order valence-electron chi connectivity index (χ0n) is 11.3. The van der Waals surface area contributed by atoms with Crippen molar-refractivity contribution in [3.8, 4) is 0 Å². The van der Waals surface area contributed by atoms with Gasteiger partial charge in [-0.2, -0.15) is 0 Å². The molecule has 1 fully saturated rings. The number of carbonyl (C=O) groups is 2. The van der Waals surface area contributed by atoms with Gasteiger partial charge in [0.2, 0.25) is 5.01 Å². The van der Waals surface area contributed by atoms with E-state index < -0.39 is 12.1 Å². The maximum Gasteiger partial charge on any atom is 0.367 e. The van der Waals surface area contributed by atoms with Gasteiger partial charge >= 0.3 is 5.97 Å². The molecule has 0 bridgehead atoms.